The van der Waals surface area contributed by atoms with Crippen molar-refractivity contribution in [2.45, 2.75) is 58.8 Å². The van der Waals surface area contributed by atoms with Crippen LogP contribution in [0.2, 0.25) is 40.2 Å². The van der Waals surface area contributed by atoms with Crippen molar-refractivity contribution >= 4 is 256 Å². The van der Waals surface area contributed by atoms with Gasteiger partial charge in [0.2, 0.25) is 21.6 Å². The number of aromatic nitrogens is 8. The normalized spacial score (nSPS) is 14.9. The number of para-hydroxylation sites is 1. The number of amides is 3. The highest BCUT2D eigenvalue weighted by molar-refractivity contribution is 8.00. The Balaban J connectivity index is 0.000000154. The van der Waals surface area contributed by atoms with Gasteiger partial charge in [-0.3, -0.25) is 23.9 Å². The first-order valence-corrected chi connectivity index (χ1v) is 47.7. The minimum absolute atomic E-state index is 0.00694. The van der Waals surface area contributed by atoms with Crippen molar-refractivity contribution in [3.63, 3.8) is 0 Å². The molecule has 16 rings (SSSR count). The second kappa shape index (κ2) is 42.8. The lowest BCUT2D eigenvalue weighted by Gasteiger charge is -2.10. The highest BCUT2D eigenvalue weighted by Gasteiger charge is 2.39. The zero-order valence-corrected chi connectivity index (χ0v) is 80.8. The summed E-state index contributed by atoms with van der Waals surface area (Å²) in [6.45, 7) is 18.9. The van der Waals surface area contributed by atoms with Crippen LogP contribution in [0.1, 0.15) is 84.8 Å². The molecular weight excluding hydrogens is 2000 g/mol. The Morgan fingerprint density at radius 1 is 0.551 bits per heavy atom. The lowest BCUT2D eigenvalue weighted by atomic mass is 10.0. The number of nitrogens with one attached hydrogen (secondary N) is 2. The van der Waals surface area contributed by atoms with E-state index in [9.17, 15) is 71.3 Å². The van der Waals surface area contributed by atoms with Gasteiger partial charge >= 0.3 is 11.4 Å². The van der Waals surface area contributed by atoms with Crippen LogP contribution in [0, 0.1) is 31.8 Å². The van der Waals surface area contributed by atoms with E-state index in [1.54, 1.807) is 76.2 Å². The molecule has 3 amide bonds. The number of aryl methyl sites for hydroxylation is 2. The average molecular weight is 2070 g/mol. The third-order valence-electron chi connectivity index (χ3n) is 18.4. The van der Waals surface area contributed by atoms with Crippen LogP contribution < -0.4 is 37.7 Å². The van der Waals surface area contributed by atoms with Crippen molar-refractivity contribution in [1.82, 2.24) is 44.2 Å². The Bertz CT molecular complexity index is 7700. The smallest absolute Gasteiger partial charge is 0.372 e. The van der Waals surface area contributed by atoms with Gasteiger partial charge < -0.3 is 31.5 Å². The van der Waals surface area contributed by atoms with Crippen molar-refractivity contribution in [3.8, 4) is 29.1 Å². The number of allylic oxidation sites excluding steroid dienone is 1. The Labute approximate surface area is 820 Å². The minimum atomic E-state index is -3.86. The number of hydrogen-bond acceptors (Lipinski definition) is 30. The predicted octanol–water partition coefficient (Wildman–Crippen LogP) is 16.3. The van der Waals surface area contributed by atoms with Crippen LogP contribution >= 0.6 is 116 Å². The van der Waals surface area contributed by atoms with Crippen LogP contribution in [0.5, 0.6) is 23.0 Å². The highest BCUT2D eigenvalue weighted by Crippen LogP contribution is 2.44. The number of halogens is 8. The number of phenols is 4. The molecule has 0 bridgehead atoms. The molecule has 5 aliphatic rings. The minimum Gasteiger partial charge on any atom is -0.507 e. The molecule has 37 nitrogen and oxygen atoms in total. The second-order valence-electron chi connectivity index (χ2n) is 28.4. The molecule has 0 aliphatic carbocycles. The van der Waals surface area contributed by atoms with Crippen molar-refractivity contribution in [3.05, 3.63) is 297 Å². The zero-order chi connectivity index (χ0) is 99.0. The third kappa shape index (κ3) is 23.2. The van der Waals surface area contributed by atoms with Crippen molar-refractivity contribution in [2.24, 2.45) is 51.0 Å². The number of sulfone groups is 1. The van der Waals surface area contributed by atoms with Gasteiger partial charge in [0.1, 0.15) is 39.2 Å². The molecule has 3 aromatic heterocycles. The van der Waals surface area contributed by atoms with Gasteiger partial charge in [0.25, 0.3) is 17.4 Å². The fraction of sp³-hybridized carbons (Fsp3) is 0.126. The van der Waals surface area contributed by atoms with Gasteiger partial charge in [0, 0.05) is 36.1 Å². The molecule has 0 saturated carbocycles. The number of aliphatic imine (C=N–C) groups is 6. The molecule has 5 aliphatic heterocycles. The number of phenolic OH excluding ortho intramolecular Hbond substituents is 3. The Morgan fingerprint density at radius 2 is 1.01 bits per heavy atom. The molecule has 11 aromatic rings. The molecule has 0 spiro atoms. The first kappa shape index (κ1) is 101. The largest absolute Gasteiger partial charge is 0.507 e. The van der Waals surface area contributed by atoms with Crippen LogP contribution in [-0.4, -0.2) is 170 Å². The van der Waals surface area contributed by atoms with E-state index in [4.69, 9.17) is 105 Å². The van der Waals surface area contributed by atoms with E-state index in [1.807, 2.05) is 68.4 Å². The molecule has 0 fully saturated rings. The number of primary amides is 1. The number of hydrogen-bond donors (Lipinski definition) is 7. The Kier molecular flexibility index (Phi) is 31.8. The van der Waals surface area contributed by atoms with E-state index in [0.29, 0.717) is 90.6 Å². The van der Waals surface area contributed by atoms with Crippen LogP contribution in [0.4, 0.5) is 39.8 Å². The number of nitriles is 1. The van der Waals surface area contributed by atoms with Gasteiger partial charge in [0.15, 0.2) is 72.3 Å². The standard InChI is InChI=1S/C21H16Cl2N4O4S2.C21H18N6O3S.C16H11Cl2N3O2.C15H13Cl2N5O3S.C14H7Cl2N5O2/c1-3-32-20-25-19-17(33(2,30)31)15(11-7-5-4-6-8-11)18(27(19)21(29)26-20)24-12-9-13(22)16(28)14(23)10-12;1-3-31-20-24-19-16(23-13-9-11(2)17(28)14(10-13)18(22)29)15(12-7-5-4-6-8-12)26-27(19)21(30)25-20;1-9-14(19-10-7-12(17)15(22)13(18)8-10)16(23)21(20-9)11-5-3-2-4-6-11;1-7-4-12(23)22-15(18-7)13(8(2)20-22)19-9-5-10(16)14(11(17)6-9)21-26(3,24)25;1-6(22)19-14-11(18-2)8(5-17)13(21-14)20-7-3-9(15)12(23)10(16)4-7/h4-10,28H,3H2,1-2H3;4-10,28H,3H2,1-2H3,(H2,22,29);2-8,22H,1H3;4-6,21H,1-3H3;3-4,23H,1H3,(H,19,20,21,22). The predicted molar refractivity (Wildman–Crippen MR) is 531 cm³/mol. The Morgan fingerprint density at radius 3 is 1.51 bits per heavy atom. The summed E-state index contributed by atoms with van der Waals surface area (Å²) >= 11 is 50.3. The maximum Gasteiger partial charge on any atom is 0.372 e. The van der Waals surface area contributed by atoms with Crippen LogP contribution in [0.25, 0.3) is 15.3 Å². The van der Waals surface area contributed by atoms with Gasteiger partial charge in [-0.25, -0.2) is 80.7 Å². The summed E-state index contributed by atoms with van der Waals surface area (Å²) in [6.07, 6.45) is 2.04. The number of amidine groups is 2. The molecule has 8 aromatic carbocycles. The summed E-state index contributed by atoms with van der Waals surface area (Å²) in [6, 6.07) is 44.3. The fourth-order valence-corrected chi connectivity index (χ4v) is 17.5. The lowest BCUT2D eigenvalue weighted by molar-refractivity contribution is -0.117. The molecule has 0 radical (unpaired) electrons. The maximum atomic E-state index is 13.0. The highest BCUT2D eigenvalue weighted by atomic mass is 35.5. The average Bonchev–Trinajstić information content (AvgIpc) is 1.57. The first-order valence-electron chi connectivity index (χ1n) is 38.9. The van der Waals surface area contributed by atoms with E-state index in [1.165, 1.54) is 101 Å². The molecule has 0 saturated heterocycles. The summed E-state index contributed by atoms with van der Waals surface area (Å²) in [4.78, 5) is 123. The number of thioether (sulfide) groups is 2. The molecule has 136 heavy (non-hydrogen) atoms. The van der Waals surface area contributed by atoms with E-state index >= 15 is 0 Å². The molecule has 49 heteroatoms. The van der Waals surface area contributed by atoms with Crippen molar-refractivity contribution < 1.29 is 51.6 Å². The maximum absolute atomic E-state index is 13.0. The van der Waals surface area contributed by atoms with Gasteiger partial charge in [-0.05, 0) is 123 Å². The number of hydrazone groups is 1. The summed E-state index contributed by atoms with van der Waals surface area (Å²) in [7, 11) is -7.40. The first-order chi connectivity index (χ1) is 64.4. The second-order valence-corrected chi connectivity index (χ2v) is 37.8. The number of carbonyl (C=O) groups excluding carboxylic acids is 3. The summed E-state index contributed by atoms with van der Waals surface area (Å²) in [5.74, 6) is -0.853. The fourth-order valence-electron chi connectivity index (χ4n) is 12.6. The molecule has 0 atom stereocenters. The number of aromatic hydroxyl groups is 4. The Hall–Kier alpha value is -13.9. The zero-order valence-electron chi connectivity index (χ0n) is 71.5. The topological polar surface area (TPSA) is 524 Å². The number of nitrogens with two attached hydrogens (primary N) is 1. The summed E-state index contributed by atoms with van der Waals surface area (Å²) in [5.41, 5.74) is 10.7. The molecule has 692 valence electrons. The van der Waals surface area contributed by atoms with Gasteiger partial charge in [-0.2, -0.15) is 44.9 Å². The number of anilines is 2. The number of nitrogens with zero attached hydrogens (tertiary/aromatic N) is 20. The number of fused-ring (bicyclic) bond motifs is 3. The van der Waals surface area contributed by atoms with Crippen LogP contribution in [-0.2, 0) is 29.4 Å². The number of carbonyl (C=O) groups is 3. The number of benzene rings is 8. The van der Waals surface area contributed by atoms with E-state index in [-0.39, 0.29) is 159 Å². The van der Waals surface area contributed by atoms with E-state index < -0.39 is 43.1 Å². The monoisotopic (exact) mass is 2060 g/mol. The third-order valence-corrected chi connectivity index (χ3v) is 23.9. The van der Waals surface area contributed by atoms with Gasteiger partial charge in [-0.1, -0.05) is 209 Å². The number of rotatable bonds is 16. The molecule has 8 heterocycles. The van der Waals surface area contributed by atoms with Crippen molar-refractivity contribution in [1.29, 1.82) is 5.26 Å². The number of sulfonamides is 1. The lowest BCUT2D eigenvalue weighted by Crippen LogP contribution is -2.30. The molecule has 0 unspecified atom stereocenters. The molecular formula is C87H65Cl8N23O14S4. The molecule has 8 N–H and O–H groups in total. The van der Waals surface area contributed by atoms with Gasteiger partial charge in [-0.15, -0.1) is 0 Å². The summed E-state index contributed by atoms with van der Waals surface area (Å²) in [5, 5.41) is 65.4. The SMILES string of the molecule is CC1=NN(c2ccccc2)C(=O)C1=Nc1cc(Cl)c(O)c(Cl)c1.CC1=Nn2c(nc(C)cc2=O)C1=Nc1cc(Cl)c(NS(C)(=O)=O)c(Cl)c1.CCSc1nc2n(c(=O)n1)C(=Nc1cc(Cl)c(O)c(Cl)c1)C(c1ccccc1)=C2S(C)(=O)=O.CCSc1nc2n(c(=O)n1)N=C(c1ccccc1)C2=Nc1cc(C)c(O)c(C(N)=O)c1.[C-]#[N+]C1=C(C#N)C(=Nc2cc(Cl)c(O)c(Cl)c2)N=C1NC(C)=O. The van der Waals surface area contributed by atoms with Crippen LogP contribution in [0.15, 0.2) is 239 Å². The van der Waals surface area contributed by atoms with E-state index in [0.717, 1.165) is 27.3 Å². The van der Waals surface area contributed by atoms with Crippen LogP contribution in [0.3, 0.4) is 0 Å². The summed E-state index contributed by atoms with van der Waals surface area (Å²) < 4.78 is 54.3. The van der Waals surface area contributed by atoms with E-state index in [2.05, 4.69) is 85.1 Å². The van der Waals surface area contributed by atoms with Crippen molar-refractivity contribution in [2.75, 3.05) is 33.7 Å². The van der Waals surface area contributed by atoms with Gasteiger partial charge in [0.05, 0.1) is 116 Å². The quantitative estimate of drug-likeness (QED) is 0.0349.